The zero-order chi connectivity index (χ0) is 22.0. The Bertz CT molecular complexity index is 920. The summed E-state index contributed by atoms with van der Waals surface area (Å²) in [6.45, 7) is 4.64. The highest BCUT2D eigenvalue weighted by atomic mass is 35.5. The van der Waals surface area contributed by atoms with Crippen LogP contribution in [0.1, 0.15) is 38.7 Å². The average Bonchev–Trinajstić information content (AvgIpc) is 2.72. The molecule has 0 aliphatic carbocycles. The van der Waals surface area contributed by atoms with E-state index in [0.29, 0.717) is 13.2 Å². The predicted molar refractivity (Wildman–Crippen MR) is 119 cm³/mol. The molecule has 0 spiro atoms. The largest absolute Gasteiger partial charge is 0.492 e. The van der Waals surface area contributed by atoms with Crippen molar-refractivity contribution in [1.29, 1.82) is 0 Å². The van der Waals surface area contributed by atoms with Gasteiger partial charge in [0.1, 0.15) is 16.7 Å². The second kappa shape index (κ2) is 11.9. The maximum Gasteiger partial charge on any atom is 0.245 e. The molecule has 2 N–H and O–H groups in total. The van der Waals surface area contributed by atoms with E-state index in [1.807, 2.05) is 30.3 Å². The molecule has 0 aliphatic rings. The summed E-state index contributed by atoms with van der Waals surface area (Å²) in [6.07, 6.45) is 3.10. The van der Waals surface area contributed by atoms with Crippen molar-refractivity contribution >= 4 is 27.5 Å². The topological polar surface area (TPSA) is 84.5 Å². The van der Waals surface area contributed by atoms with Crippen LogP contribution in [-0.2, 0) is 21.2 Å². The lowest BCUT2D eigenvalue weighted by molar-refractivity contribution is -0.122. The Morgan fingerprint density at radius 2 is 1.83 bits per heavy atom. The van der Waals surface area contributed by atoms with Gasteiger partial charge in [0, 0.05) is 11.6 Å². The Morgan fingerprint density at radius 3 is 2.50 bits per heavy atom. The number of unbranched alkanes of at least 4 members (excludes halogenated alkanes) is 2. The lowest BCUT2D eigenvalue weighted by Crippen LogP contribution is -2.48. The molecule has 30 heavy (non-hydrogen) atoms. The SMILES string of the molecule is CCCCCNC(=O)C(Cc1ccccc1)NS(=O)(=O)c1cc(Cl)ccc1OCC. The van der Waals surface area contributed by atoms with Crippen LogP contribution in [-0.4, -0.2) is 33.5 Å². The predicted octanol–water partition coefficient (Wildman–Crippen LogP) is 3.93. The first-order valence-corrected chi connectivity index (χ1v) is 12.0. The number of carbonyl (C=O) groups excluding carboxylic acids is 1. The maximum atomic E-state index is 13.1. The molecule has 0 saturated heterocycles. The Balaban J connectivity index is 2.27. The smallest absolute Gasteiger partial charge is 0.245 e. The van der Waals surface area contributed by atoms with Gasteiger partial charge in [-0.25, -0.2) is 8.42 Å². The molecule has 2 aromatic carbocycles. The molecule has 1 amide bonds. The van der Waals surface area contributed by atoms with Gasteiger partial charge in [-0.1, -0.05) is 61.7 Å². The number of nitrogens with one attached hydrogen (secondary N) is 2. The minimum atomic E-state index is -4.06. The molecule has 0 aliphatic heterocycles. The average molecular weight is 453 g/mol. The van der Waals surface area contributed by atoms with Gasteiger partial charge in [0.15, 0.2) is 0 Å². The molecule has 0 bridgehead atoms. The number of sulfonamides is 1. The monoisotopic (exact) mass is 452 g/mol. The first-order chi connectivity index (χ1) is 14.4. The van der Waals surface area contributed by atoms with E-state index >= 15 is 0 Å². The van der Waals surface area contributed by atoms with E-state index in [-0.39, 0.29) is 28.0 Å². The molecule has 0 fully saturated rings. The Labute approximate surface area is 184 Å². The number of hydrogen-bond donors (Lipinski definition) is 2. The number of rotatable bonds is 12. The van der Waals surface area contributed by atoms with E-state index in [4.69, 9.17) is 16.3 Å². The number of carbonyl (C=O) groups is 1. The second-order valence-corrected chi connectivity index (χ2v) is 9.00. The third-order valence-corrected chi connectivity index (χ3v) is 6.20. The van der Waals surface area contributed by atoms with Crippen molar-refractivity contribution in [2.24, 2.45) is 0 Å². The van der Waals surface area contributed by atoms with E-state index in [1.54, 1.807) is 13.0 Å². The van der Waals surface area contributed by atoms with Crippen molar-refractivity contribution in [3.63, 3.8) is 0 Å². The molecule has 8 heteroatoms. The van der Waals surface area contributed by atoms with Crippen molar-refractivity contribution in [2.75, 3.05) is 13.2 Å². The van der Waals surface area contributed by atoms with E-state index in [0.717, 1.165) is 24.8 Å². The Morgan fingerprint density at radius 1 is 1.10 bits per heavy atom. The normalized spacial score (nSPS) is 12.4. The maximum absolute atomic E-state index is 13.1. The second-order valence-electron chi connectivity index (χ2n) is 6.89. The molecular weight excluding hydrogens is 424 g/mol. The molecule has 0 saturated carbocycles. The summed E-state index contributed by atoms with van der Waals surface area (Å²) in [5, 5.41) is 3.11. The summed E-state index contributed by atoms with van der Waals surface area (Å²) in [6, 6.07) is 12.7. The van der Waals surface area contributed by atoms with Gasteiger partial charge in [-0.15, -0.1) is 0 Å². The summed E-state index contributed by atoms with van der Waals surface area (Å²) >= 11 is 6.02. The minimum Gasteiger partial charge on any atom is -0.492 e. The van der Waals surface area contributed by atoms with Gasteiger partial charge in [-0.2, -0.15) is 4.72 Å². The number of ether oxygens (including phenoxy) is 1. The summed E-state index contributed by atoms with van der Waals surface area (Å²) in [4.78, 5) is 12.7. The van der Waals surface area contributed by atoms with E-state index in [9.17, 15) is 13.2 Å². The van der Waals surface area contributed by atoms with Gasteiger partial charge >= 0.3 is 0 Å². The van der Waals surface area contributed by atoms with Crippen LogP contribution in [0.5, 0.6) is 5.75 Å². The van der Waals surface area contributed by atoms with Crippen LogP contribution in [0, 0.1) is 0 Å². The van der Waals surface area contributed by atoms with E-state index in [1.165, 1.54) is 12.1 Å². The Hall–Kier alpha value is -2.09. The number of halogens is 1. The number of benzene rings is 2. The van der Waals surface area contributed by atoms with Gasteiger partial charge in [-0.05, 0) is 43.5 Å². The van der Waals surface area contributed by atoms with Crippen LogP contribution in [0.15, 0.2) is 53.4 Å². The van der Waals surface area contributed by atoms with E-state index < -0.39 is 16.1 Å². The standard InChI is InChI=1S/C22H29ClN2O4S/c1-3-5-9-14-24-22(26)19(15-17-10-7-6-8-11-17)25-30(27,28)21-16-18(23)12-13-20(21)29-4-2/h6-8,10-13,16,19,25H,3-5,9,14-15H2,1-2H3,(H,24,26). The molecule has 0 heterocycles. The highest BCUT2D eigenvalue weighted by Gasteiger charge is 2.28. The van der Waals surface area contributed by atoms with Crippen LogP contribution in [0.4, 0.5) is 0 Å². The lowest BCUT2D eigenvalue weighted by atomic mass is 10.1. The highest BCUT2D eigenvalue weighted by Crippen LogP contribution is 2.27. The molecular formula is C22H29ClN2O4S. The highest BCUT2D eigenvalue weighted by molar-refractivity contribution is 7.89. The summed E-state index contributed by atoms with van der Waals surface area (Å²) < 4.78 is 34.3. The fourth-order valence-electron chi connectivity index (χ4n) is 2.96. The molecule has 0 radical (unpaired) electrons. The molecule has 0 aromatic heterocycles. The molecule has 1 unspecified atom stereocenters. The van der Waals surface area contributed by atoms with Gasteiger partial charge in [0.2, 0.25) is 15.9 Å². The van der Waals surface area contributed by atoms with Crippen LogP contribution < -0.4 is 14.8 Å². The fourth-order valence-corrected chi connectivity index (χ4v) is 4.57. The summed E-state index contributed by atoms with van der Waals surface area (Å²) in [5.41, 5.74) is 0.852. The van der Waals surface area contributed by atoms with E-state index in [2.05, 4.69) is 17.0 Å². The van der Waals surface area contributed by atoms with Crippen LogP contribution in [0.25, 0.3) is 0 Å². The van der Waals surface area contributed by atoms with Gasteiger partial charge in [0.25, 0.3) is 0 Å². The third kappa shape index (κ3) is 7.31. The minimum absolute atomic E-state index is 0.0892. The van der Waals surface area contributed by atoms with Crippen molar-refractivity contribution in [3.8, 4) is 5.75 Å². The zero-order valence-electron chi connectivity index (χ0n) is 17.4. The number of hydrogen-bond acceptors (Lipinski definition) is 4. The quantitative estimate of drug-likeness (QED) is 0.478. The zero-order valence-corrected chi connectivity index (χ0v) is 18.9. The molecule has 2 rings (SSSR count). The van der Waals surface area contributed by atoms with Gasteiger partial charge in [-0.3, -0.25) is 4.79 Å². The van der Waals surface area contributed by atoms with Crippen molar-refractivity contribution in [3.05, 3.63) is 59.1 Å². The van der Waals surface area contributed by atoms with Crippen LogP contribution in [0.2, 0.25) is 5.02 Å². The van der Waals surface area contributed by atoms with Crippen LogP contribution >= 0.6 is 11.6 Å². The van der Waals surface area contributed by atoms with Gasteiger partial charge < -0.3 is 10.1 Å². The first kappa shape index (κ1) is 24.2. The first-order valence-electron chi connectivity index (χ1n) is 10.1. The number of amides is 1. The summed E-state index contributed by atoms with van der Waals surface area (Å²) in [5.74, 6) is -0.172. The van der Waals surface area contributed by atoms with Gasteiger partial charge in [0.05, 0.1) is 6.61 Å². The summed E-state index contributed by atoms with van der Waals surface area (Å²) in [7, 11) is -4.06. The molecule has 6 nitrogen and oxygen atoms in total. The van der Waals surface area contributed by atoms with Crippen LogP contribution in [0.3, 0.4) is 0 Å². The molecule has 1 atom stereocenters. The Kier molecular flexibility index (Phi) is 9.62. The lowest BCUT2D eigenvalue weighted by Gasteiger charge is -2.20. The van der Waals surface area contributed by atoms with Crippen molar-refractivity contribution < 1.29 is 17.9 Å². The third-order valence-electron chi connectivity index (χ3n) is 4.47. The molecule has 164 valence electrons. The van der Waals surface area contributed by atoms with Crippen molar-refractivity contribution in [1.82, 2.24) is 10.0 Å². The molecule has 2 aromatic rings. The van der Waals surface area contributed by atoms with Crippen molar-refractivity contribution in [2.45, 2.75) is 50.5 Å². The fraction of sp³-hybridized carbons (Fsp3) is 0.409.